The SMILES string of the molecule is COC[C@@]1(C(=O)OC)[C@H](O)C[C@H](OC)[C@]23[C@H](N)[C@H]([C@H](OC)[C@H]12)[C@@]1(OC(C)=O)C[C@H](OC)[C@@]2(O)C[C@@H]3[C@@H]1[C@H]2OC(=O)c1ccc(OC)cc1. The standard InChI is InChI=1S/C34H47NO13/c1-16(36)48-33-14-22(44-5)32(40)13-19(23(33)28(32)47-29(38)17-8-10-18(42-3)11-9-17)34-21(43-4)12-20(37)31(15-41-2,30(39)46-7)26(34)25(45-6)24(33)27(34)35/h8-11,19-28,37,40H,12-15,35H2,1-7H3/t19-,20-,21+,22+,23-,24+,25+,26-,27-,28-,31-,32+,33-,34+/m1/s1. The Morgan fingerprint density at radius 2 is 1.60 bits per heavy atom. The lowest BCUT2D eigenvalue weighted by molar-refractivity contribution is -0.267. The van der Waals surface area contributed by atoms with Crippen molar-refractivity contribution in [3.8, 4) is 5.75 Å². The molecule has 5 aliphatic rings. The molecule has 0 amide bonds. The van der Waals surface area contributed by atoms with Gasteiger partial charge in [-0.1, -0.05) is 0 Å². The molecule has 14 nitrogen and oxygen atoms in total. The van der Waals surface area contributed by atoms with Gasteiger partial charge in [0.05, 0.1) is 50.8 Å². The van der Waals surface area contributed by atoms with Crippen molar-refractivity contribution in [3.63, 3.8) is 0 Å². The van der Waals surface area contributed by atoms with Gasteiger partial charge in [0.2, 0.25) is 0 Å². The van der Waals surface area contributed by atoms with E-state index in [0.29, 0.717) is 5.75 Å². The van der Waals surface area contributed by atoms with E-state index in [0.717, 1.165) is 0 Å². The fraction of sp³-hybridized carbons (Fsp3) is 0.735. The topological polar surface area (TPSA) is 192 Å². The molecular formula is C34H47NO13. The van der Waals surface area contributed by atoms with Crippen LogP contribution >= 0.6 is 0 Å². The molecule has 0 aliphatic heterocycles. The lowest BCUT2D eigenvalue weighted by Gasteiger charge is -2.63. The number of aliphatic hydroxyl groups excluding tert-OH is 1. The first-order chi connectivity index (χ1) is 22.8. The minimum Gasteiger partial charge on any atom is -0.497 e. The Balaban J connectivity index is 1.61. The minimum absolute atomic E-state index is 0.00666. The Hall–Kier alpha value is -2.85. The van der Waals surface area contributed by atoms with Crippen LogP contribution in [0, 0.1) is 34.5 Å². The Morgan fingerprint density at radius 3 is 2.15 bits per heavy atom. The largest absolute Gasteiger partial charge is 0.497 e. The minimum atomic E-state index is -1.76. The van der Waals surface area contributed by atoms with Gasteiger partial charge in [-0.25, -0.2) is 4.79 Å². The van der Waals surface area contributed by atoms with Crippen molar-refractivity contribution in [1.82, 2.24) is 0 Å². The number of esters is 3. The first-order valence-corrected chi connectivity index (χ1v) is 16.2. The highest BCUT2D eigenvalue weighted by atomic mass is 16.6. The molecule has 1 aromatic carbocycles. The average molecular weight is 678 g/mol. The monoisotopic (exact) mass is 677 g/mol. The van der Waals surface area contributed by atoms with Crippen LogP contribution in [0.1, 0.15) is 36.5 Å². The van der Waals surface area contributed by atoms with Crippen LogP contribution in [0.2, 0.25) is 0 Å². The lowest BCUT2D eigenvalue weighted by Crippen LogP contribution is -2.75. The molecule has 14 heteroatoms. The third-order valence-corrected chi connectivity index (χ3v) is 12.6. The molecular weight excluding hydrogens is 630 g/mol. The number of hydrogen-bond acceptors (Lipinski definition) is 14. The summed E-state index contributed by atoms with van der Waals surface area (Å²) in [6.45, 7) is 1.05. The molecule has 0 heterocycles. The maximum Gasteiger partial charge on any atom is 0.338 e. The molecule has 5 aliphatic carbocycles. The Morgan fingerprint density at radius 1 is 0.938 bits per heavy atom. The van der Waals surface area contributed by atoms with Crippen LogP contribution in [0.25, 0.3) is 0 Å². The number of carbonyl (C=O) groups is 3. The Kier molecular flexibility index (Phi) is 8.88. The summed E-state index contributed by atoms with van der Waals surface area (Å²) in [4.78, 5) is 41.0. The molecule has 5 saturated carbocycles. The van der Waals surface area contributed by atoms with Crippen molar-refractivity contribution in [2.45, 2.75) is 73.9 Å². The molecule has 1 aromatic rings. The van der Waals surface area contributed by atoms with Crippen LogP contribution in [0.5, 0.6) is 5.75 Å². The van der Waals surface area contributed by atoms with Crippen LogP contribution in [-0.2, 0) is 42.7 Å². The molecule has 5 fully saturated rings. The maximum absolute atomic E-state index is 14.0. The van der Waals surface area contributed by atoms with Crippen molar-refractivity contribution in [1.29, 1.82) is 0 Å². The highest BCUT2D eigenvalue weighted by molar-refractivity contribution is 5.89. The zero-order chi connectivity index (χ0) is 35.0. The van der Waals surface area contributed by atoms with Crippen LogP contribution in [0.4, 0.5) is 0 Å². The number of carbonyl (C=O) groups excluding carboxylic acids is 3. The number of methoxy groups -OCH3 is 6. The van der Waals surface area contributed by atoms with Crippen molar-refractivity contribution in [2.24, 2.45) is 40.2 Å². The highest BCUT2D eigenvalue weighted by Crippen LogP contribution is 2.78. The molecule has 48 heavy (non-hydrogen) atoms. The predicted molar refractivity (Wildman–Crippen MR) is 165 cm³/mol. The molecule has 1 spiro atoms. The van der Waals surface area contributed by atoms with Crippen LogP contribution in [-0.4, -0.2) is 125 Å². The van der Waals surface area contributed by atoms with Gasteiger partial charge in [-0.3, -0.25) is 9.59 Å². The van der Waals surface area contributed by atoms with Gasteiger partial charge in [0, 0.05) is 77.4 Å². The summed E-state index contributed by atoms with van der Waals surface area (Å²) in [7, 11) is 8.61. The molecule has 0 saturated heterocycles. The zero-order valence-electron chi connectivity index (χ0n) is 28.4. The van der Waals surface area contributed by atoms with Gasteiger partial charge in [0.15, 0.2) is 0 Å². The van der Waals surface area contributed by atoms with E-state index < -0.39 is 100 Å². The van der Waals surface area contributed by atoms with E-state index in [4.69, 9.17) is 43.6 Å². The third-order valence-electron chi connectivity index (χ3n) is 12.6. The number of rotatable bonds is 10. The second-order valence-electron chi connectivity index (χ2n) is 14.0. The lowest BCUT2D eigenvalue weighted by atomic mass is 9.44. The molecule has 0 aromatic heterocycles. The van der Waals surface area contributed by atoms with Crippen LogP contribution in [0.15, 0.2) is 24.3 Å². The fourth-order valence-corrected chi connectivity index (χ4v) is 11.3. The van der Waals surface area contributed by atoms with Crippen molar-refractivity contribution >= 4 is 17.9 Å². The van der Waals surface area contributed by atoms with Gasteiger partial charge in [-0.05, 0) is 36.6 Å². The van der Waals surface area contributed by atoms with E-state index in [2.05, 4.69) is 0 Å². The first-order valence-electron chi connectivity index (χ1n) is 16.2. The van der Waals surface area contributed by atoms with E-state index >= 15 is 0 Å². The number of fused-ring (bicyclic) bond motifs is 3. The number of ether oxygens (including phenoxy) is 8. The second kappa shape index (κ2) is 12.2. The quantitative estimate of drug-likeness (QED) is 0.229. The zero-order valence-corrected chi connectivity index (χ0v) is 28.4. The van der Waals surface area contributed by atoms with Crippen molar-refractivity contribution in [2.75, 3.05) is 49.3 Å². The van der Waals surface area contributed by atoms with E-state index in [1.807, 2.05) is 0 Å². The smallest absolute Gasteiger partial charge is 0.338 e. The number of nitrogens with two attached hydrogens (primary N) is 1. The second-order valence-corrected chi connectivity index (χ2v) is 14.0. The third kappa shape index (κ3) is 4.26. The fourth-order valence-electron chi connectivity index (χ4n) is 11.3. The number of hydrogen-bond donors (Lipinski definition) is 3. The van der Waals surface area contributed by atoms with Crippen molar-refractivity contribution < 1.29 is 62.5 Å². The maximum atomic E-state index is 14.0. The van der Waals surface area contributed by atoms with Crippen molar-refractivity contribution in [3.05, 3.63) is 29.8 Å². The molecule has 4 bridgehead atoms. The molecule has 6 rings (SSSR count). The number of benzene rings is 1. The molecule has 0 radical (unpaired) electrons. The van der Waals surface area contributed by atoms with Gasteiger partial charge in [0.1, 0.15) is 28.5 Å². The summed E-state index contributed by atoms with van der Waals surface area (Å²) in [6, 6.07) is 5.51. The molecule has 266 valence electrons. The molecule has 4 N–H and O–H groups in total. The van der Waals surface area contributed by atoms with Crippen LogP contribution in [0.3, 0.4) is 0 Å². The van der Waals surface area contributed by atoms with Gasteiger partial charge in [-0.2, -0.15) is 0 Å². The highest BCUT2D eigenvalue weighted by Gasteiger charge is 2.89. The van der Waals surface area contributed by atoms with Gasteiger partial charge in [0.25, 0.3) is 0 Å². The van der Waals surface area contributed by atoms with E-state index in [1.165, 1.54) is 49.6 Å². The van der Waals surface area contributed by atoms with Gasteiger partial charge < -0.3 is 53.8 Å². The molecule has 0 unspecified atom stereocenters. The van der Waals surface area contributed by atoms with Gasteiger partial charge in [-0.15, -0.1) is 0 Å². The molecule has 14 atom stereocenters. The number of aliphatic hydroxyl groups is 2. The summed E-state index contributed by atoms with van der Waals surface area (Å²) in [5, 5.41) is 24.6. The predicted octanol–water partition coefficient (Wildman–Crippen LogP) is 0.482. The Labute approximate surface area is 279 Å². The normalized spacial score (nSPS) is 45.2. The van der Waals surface area contributed by atoms with E-state index in [1.54, 1.807) is 24.3 Å². The van der Waals surface area contributed by atoms with Crippen LogP contribution < -0.4 is 10.5 Å². The summed E-state index contributed by atoms with van der Waals surface area (Å²) >= 11 is 0. The van der Waals surface area contributed by atoms with Gasteiger partial charge >= 0.3 is 17.9 Å². The van der Waals surface area contributed by atoms with E-state index in [-0.39, 0.29) is 31.4 Å². The first kappa shape index (κ1) is 35.0. The Bertz CT molecular complexity index is 1420. The van der Waals surface area contributed by atoms with E-state index in [9.17, 15) is 24.6 Å². The average Bonchev–Trinajstić information content (AvgIpc) is 3.46. The summed E-state index contributed by atoms with van der Waals surface area (Å²) < 4.78 is 47.4. The summed E-state index contributed by atoms with van der Waals surface area (Å²) in [5.74, 6) is -4.75. The summed E-state index contributed by atoms with van der Waals surface area (Å²) in [6.07, 6.45) is -5.17. The summed E-state index contributed by atoms with van der Waals surface area (Å²) in [5.41, 5.74) is 1.48.